The lowest BCUT2D eigenvalue weighted by Crippen LogP contribution is -2.46. The molecule has 2 aliphatic heterocycles. The zero-order chi connectivity index (χ0) is 29.3. The maximum atomic E-state index is 13.3. The highest BCUT2D eigenvalue weighted by Gasteiger charge is 2.31. The molecule has 11 heteroatoms. The number of piperazine rings is 1. The number of hydrogen-bond donors (Lipinski definition) is 0. The van der Waals surface area contributed by atoms with Crippen LogP contribution in [0.15, 0.2) is 88.8 Å². The van der Waals surface area contributed by atoms with Gasteiger partial charge >= 0.3 is 5.69 Å². The van der Waals surface area contributed by atoms with E-state index in [1.54, 1.807) is 30.1 Å². The Kier molecular flexibility index (Phi) is 7.78. The van der Waals surface area contributed by atoms with Gasteiger partial charge in [0.15, 0.2) is 0 Å². The fourth-order valence-electron chi connectivity index (χ4n) is 5.77. The number of nitrogens with zero attached hydrogens (tertiary/aromatic N) is 6. The molecule has 42 heavy (non-hydrogen) atoms. The summed E-state index contributed by atoms with van der Waals surface area (Å²) in [5, 5.41) is 4.41. The quantitative estimate of drug-likeness (QED) is 0.325. The molecule has 0 unspecified atom stereocenters. The van der Waals surface area contributed by atoms with Gasteiger partial charge < -0.3 is 14.5 Å². The van der Waals surface area contributed by atoms with Crippen LogP contribution >= 0.6 is 0 Å². The number of ether oxygens (including phenoxy) is 1. The zero-order valence-corrected chi connectivity index (χ0v) is 24.8. The molecule has 0 atom stereocenters. The maximum absolute atomic E-state index is 13.3. The number of anilines is 2. The minimum Gasteiger partial charge on any atom is -0.497 e. The molecule has 3 heterocycles. The number of benzene rings is 3. The number of piperidine rings is 1. The average molecular weight is 589 g/mol. The van der Waals surface area contributed by atoms with Gasteiger partial charge in [0.2, 0.25) is 10.0 Å². The molecule has 0 amide bonds. The van der Waals surface area contributed by atoms with Crippen LogP contribution in [0.4, 0.5) is 11.4 Å². The Labute approximate surface area is 246 Å². The smallest absolute Gasteiger partial charge is 0.350 e. The number of aryl methyl sites for hydroxylation is 1. The van der Waals surface area contributed by atoms with Gasteiger partial charge in [-0.25, -0.2) is 22.5 Å². The summed E-state index contributed by atoms with van der Waals surface area (Å²) < 4.78 is 36.0. The third-order valence-electron chi connectivity index (χ3n) is 8.33. The zero-order valence-electron chi connectivity index (χ0n) is 24.0. The minimum absolute atomic E-state index is 0.149. The summed E-state index contributed by atoms with van der Waals surface area (Å²) in [5.41, 5.74) is 3.87. The van der Waals surface area contributed by atoms with E-state index in [0.717, 1.165) is 48.9 Å². The van der Waals surface area contributed by atoms with Crippen molar-refractivity contribution in [3.63, 3.8) is 0 Å². The summed E-state index contributed by atoms with van der Waals surface area (Å²) in [6, 6.07) is 22.9. The summed E-state index contributed by atoms with van der Waals surface area (Å²) in [6.07, 6.45) is 2.62. The van der Waals surface area contributed by atoms with Crippen molar-refractivity contribution in [1.29, 1.82) is 0 Å². The van der Waals surface area contributed by atoms with Crippen LogP contribution in [0.25, 0.3) is 5.69 Å². The first-order valence-electron chi connectivity index (χ1n) is 14.3. The molecule has 10 nitrogen and oxygen atoms in total. The van der Waals surface area contributed by atoms with Crippen molar-refractivity contribution >= 4 is 21.4 Å². The molecule has 2 saturated heterocycles. The van der Waals surface area contributed by atoms with Gasteiger partial charge in [0.1, 0.15) is 12.1 Å². The van der Waals surface area contributed by atoms with E-state index < -0.39 is 10.0 Å². The second-order valence-electron chi connectivity index (χ2n) is 10.9. The van der Waals surface area contributed by atoms with E-state index in [4.69, 9.17) is 4.74 Å². The van der Waals surface area contributed by atoms with Crippen LogP contribution in [-0.2, 0) is 10.0 Å². The average Bonchev–Trinajstić information content (AvgIpc) is 3.42. The van der Waals surface area contributed by atoms with E-state index >= 15 is 0 Å². The Morgan fingerprint density at radius 1 is 0.738 bits per heavy atom. The summed E-state index contributed by atoms with van der Waals surface area (Å²) in [5.74, 6) is 0.858. The molecule has 0 saturated carbocycles. The monoisotopic (exact) mass is 588 g/mol. The van der Waals surface area contributed by atoms with Gasteiger partial charge in [-0.15, -0.1) is 0 Å². The maximum Gasteiger partial charge on any atom is 0.350 e. The highest BCUT2D eigenvalue weighted by Crippen LogP contribution is 2.27. The Morgan fingerprint density at radius 3 is 1.81 bits per heavy atom. The third-order valence-corrected chi connectivity index (χ3v) is 10.2. The summed E-state index contributed by atoms with van der Waals surface area (Å²) in [7, 11) is -1.88. The van der Waals surface area contributed by atoms with Crippen molar-refractivity contribution < 1.29 is 13.2 Å². The topological polar surface area (TPSA) is 92.9 Å². The van der Waals surface area contributed by atoms with Crippen molar-refractivity contribution in [2.75, 3.05) is 56.2 Å². The lowest BCUT2D eigenvalue weighted by molar-refractivity contribution is 0.256. The fourth-order valence-corrected chi connectivity index (χ4v) is 7.24. The molecular weight excluding hydrogens is 552 g/mol. The normalized spacial score (nSPS) is 17.0. The number of sulfonamides is 1. The molecule has 0 N–H and O–H groups in total. The van der Waals surface area contributed by atoms with Crippen LogP contribution in [0, 0.1) is 6.92 Å². The second-order valence-corrected chi connectivity index (χ2v) is 12.8. The molecule has 1 aromatic heterocycles. The molecule has 0 aliphatic carbocycles. The van der Waals surface area contributed by atoms with Gasteiger partial charge in [-0.3, -0.25) is 0 Å². The highest BCUT2D eigenvalue weighted by molar-refractivity contribution is 7.89. The van der Waals surface area contributed by atoms with Gasteiger partial charge in [-0.1, -0.05) is 17.7 Å². The van der Waals surface area contributed by atoms with Crippen LogP contribution in [0.2, 0.25) is 0 Å². The largest absolute Gasteiger partial charge is 0.497 e. The van der Waals surface area contributed by atoms with E-state index in [1.165, 1.54) is 14.7 Å². The fraction of sp³-hybridized carbons (Fsp3) is 0.355. The van der Waals surface area contributed by atoms with Crippen LogP contribution in [-0.4, -0.2) is 73.4 Å². The van der Waals surface area contributed by atoms with E-state index in [1.807, 2.05) is 43.3 Å². The van der Waals surface area contributed by atoms with Crippen LogP contribution in [0.5, 0.6) is 5.75 Å². The Hall–Kier alpha value is -4.09. The third kappa shape index (κ3) is 5.54. The predicted molar refractivity (Wildman–Crippen MR) is 163 cm³/mol. The number of hydrogen-bond acceptors (Lipinski definition) is 7. The van der Waals surface area contributed by atoms with Crippen LogP contribution in [0.3, 0.4) is 0 Å². The molecule has 0 bridgehead atoms. The van der Waals surface area contributed by atoms with E-state index in [2.05, 4.69) is 39.2 Å². The molecule has 2 aliphatic rings. The molecular formula is C31H36N6O4S. The summed E-state index contributed by atoms with van der Waals surface area (Å²) in [4.78, 5) is 18.3. The first-order chi connectivity index (χ1) is 20.3. The van der Waals surface area contributed by atoms with E-state index in [-0.39, 0.29) is 11.7 Å². The Bertz CT molecular complexity index is 1670. The first-order valence-corrected chi connectivity index (χ1v) is 15.7. The highest BCUT2D eigenvalue weighted by atomic mass is 32.2. The molecule has 0 spiro atoms. The predicted octanol–water partition coefficient (Wildman–Crippen LogP) is 3.70. The lowest BCUT2D eigenvalue weighted by Gasteiger charge is -2.37. The second kappa shape index (κ2) is 11.7. The minimum atomic E-state index is -3.56. The van der Waals surface area contributed by atoms with Crippen molar-refractivity contribution in [2.45, 2.75) is 30.7 Å². The molecule has 3 aromatic carbocycles. The van der Waals surface area contributed by atoms with Gasteiger partial charge in [0, 0.05) is 50.6 Å². The molecule has 2 fully saturated rings. The van der Waals surface area contributed by atoms with Crippen LogP contribution < -0.4 is 20.2 Å². The van der Waals surface area contributed by atoms with Crippen molar-refractivity contribution in [3.8, 4) is 11.4 Å². The van der Waals surface area contributed by atoms with Gasteiger partial charge in [0.25, 0.3) is 0 Å². The summed E-state index contributed by atoms with van der Waals surface area (Å²) >= 11 is 0. The molecule has 4 aromatic rings. The van der Waals surface area contributed by atoms with E-state index in [9.17, 15) is 13.2 Å². The Balaban J connectivity index is 1.07. The lowest BCUT2D eigenvalue weighted by atomic mass is 10.1. The number of rotatable bonds is 7. The van der Waals surface area contributed by atoms with E-state index in [0.29, 0.717) is 30.8 Å². The van der Waals surface area contributed by atoms with Crippen molar-refractivity contribution in [3.05, 3.63) is 95.2 Å². The molecule has 6 rings (SSSR count). The molecule has 0 radical (unpaired) electrons. The van der Waals surface area contributed by atoms with Crippen molar-refractivity contribution in [1.82, 2.24) is 18.7 Å². The van der Waals surface area contributed by atoms with Gasteiger partial charge in [-0.2, -0.15) is 9.40 Å². The SMILES string of the molecule is COc1ccc(N2CCN(c3ccc(-n4cnn(C5CCN(S(=O)(=O)c6ccc(C)cc6)CC5)c4=O)cc3)CC2)cc1. The Morgan fingerprint density at radius 2 is 1.26 bits per heavy atom. The first kappa shape index (κ1) is 28.0. The van der Waals surface area contributed by atoms with Crippen molar-refractivity contribution in [2.24, 2.45) is 0 Å². The number of methoxy groups -OCH3 is 1. The van der Waals surface area contributed by atoms with Gasteiger partial charge in [-0.05, 0) is 80.4 Å². The van der Waals surface area contributed by atoms with Gasteiger partial charge in [0.05, 0.1) is 23.7 Å². The van der Waals surface area contributed by atoms with Crippen LogP contribution in [0.1, 0.15) is 24.4 Å². The molecule has 220 valence electrons. The standard InChI is InChI=1S/C31H36N6O4S/c1-24-3-13-30(14-4-24)42(39,40)35-17-15-28(16-18-35)37-31(38)36(23-32-37)27-7-5-25(6-8-27)33-19-21-34(22-20-33)26-9-11-29(41-2)12-10-26/h3-14,23,28H,15-22H2,1-2H3. The summed E-state index contributed by atoms with van der Waals surface area (Å²) in [6.45, 7) is 6.28. The number of aromatic nitrogens is 3.